The molecule has 5 rings (SSSR count). The van der Waals surface area contributed by atoms with Crippen molar-refractivity contribution in [2.24, 2.45) is 17.3 Å². The Hall–Kier alpha value is -2.28. The third-order valence-corrected chi connectivity index (χ3v) is 8.69. The Kier molecular flexibility index (Phi) is 7.20. The molecular weight excluding hydrogens is 488 g/mol. The molecule has 3 fully saturated rings. The molecule has 1 aromatic heterocycles. The molecule has 0 aromatic carbocycles. The van der Waals surface area contributed by atoms with Crippen molar-refractivity contribution in [2.45, 2.75) is 81.9 Å². The summed E-state index contributed by atoms with van der Waals surface area (Å²) in [6, 6.07) is 1.77. The van der Waals surface area contributed by atoms with Gasteiger partial charge in [-0.05, 0) is 55.1 Å². The monoisotopic (exact) mass is 522 g/mol. The lowest BCUT2D eigenvalue weighted by Gasteiger charge is -2.55. The van der Waals surface area contributed by atoms with Crippen LogP contribution in [0, 0.1) is 17.3 Å². The molecule has 2 saturated heterocycles. The zero-order valence-electron chi connectivity index (χ0n) is 20.8. The predicted molar refractivity (Wildman–Crippen MR) is 123 cm³/mol. The van der Waals surface area contributed by atoms with E-state index in [9.17, 15) is 30.0 Å². The summed E-state index contributed by atoms with van der Waals surface area (Å²) < 4.78 is 27.9. The highest BCUT2D eigenvalue weighted by atomic mass is 16.7. The Labute approximate surface area is 213 Å². The summed E-state index contributed by atoms with van der Waals surface area (Å²) in [6.45, 7) is 1.44. The van der Waals surface area contributed by atoms with Crippen molar-refractivity contribution < 1.29 is 53.4 Å². The molecule has 0 amide bonds. The summed E-state index contributed by atoms with van der Waals surface area (Å²) in [5, 5.41) is 40.6. The smallest absolute Gasteiger partial charge is 0.333 e. The topological polar surface area (TPSA) is 165 Å². The number of carbonyl (C=O) groups excluding carboxylic acids is 2. The summed E-state index contributed by atoms with van der Waals surface area (Å²) in [4.78, 5) is 26.2. The molecule has 1 aromatic rings. The molecular formula is C26H34O11. The van der Waals surface area contributed by atoms with Gasteiger partial charge in [0.2, 0.25) is 0 Å². The van der Waals surface area contributed by atoms with Gasteiger partial charge in [0, 0.05) is 11.1 Å². The van der Waals surface area contributed by atoms with Crippen molar-refractivity contribution in [1.82, 2.24) is 0 Å². The minimum Gasteiger partial charge on any atom is -0.472 e. The van der Waals surface area contributed by atoms with E-state index in [0.29, 0.717) is 30.4 Å². The molecule has 11 heteroatoms. The fourth-order valence-corrected chi connectivity index (χ4v) is 6.72. The van der Waals surface area contributed by atoms with Crippen LogP contribution in [0.4, 0.5) is 0 Å². The van der Waals surface area contributed by atoms with E-state index in [4.69, 9.17) is 23.4 Å². The number of methoxy groups -OCH3 is 1. The van der Waals surface area contributed by atoms with E-state index in [1.54, 1.807) is 12.3 Å². The number of rotatable bonds is 5. The van der Waals surface area contributed by atoms with Gasteiger partial charge in [0.05, 0.1) is 38.3 Å². The van der Waals surface area contributed by atoms with E-state index in [0.717, 1.165) is 12.0 Å². The highest BCUT2D eigenvalue weighted by Crippen LogP contribution is 2.60. The van der Waals surface area contributed by atoms with Gasteiger partial charge < -0.3 is 43.8 Å². The molecule has 37 heavy (non-hydrogen) atoms. The Balaban J connectivity index is 1.52. The van der Waals surface area contributed by atoms with Crippen LogP contribution in [0.1, 0.15) is 50.7 Å². The van der Waals surface area contributed by atoms with Crippen LogP contribution in [0.5, 0.6) is 0 Å². The van der Waals surface area contributed by atoms with Gasteiger partial charge in [-0.25, -0.2) is 4.79 Å². The molecule has 4 aliphatic rings. The van der Waals surface area contributed by atoms with Crippen molar-refractivity contribution >= 4 is 11.9 Å². The number of hydrogen-bond acceptors (Lipinski definition) is 11. The van der Waals surface area contributed by atoms with Gasteiger partial charge in [0.1, 0.15) is 30.5 Å². The molecule has 0 unspecified atom stereocenters. The van der Waals surface area contributed by atoms with Crippen LogP contribution in [0.25, 0.3) is 0 Å². The average molecular weight is 523 g/mol. The molecule has 0 radical (unpaired) electrons. The number of carbonyl (C=O) groups is 2. The average Bonchev–Trinajstić information content (AvgIpc) is 3.44. The molecule has 4 N–H and O–H groups in total. The van der Waals surface area contributed by atoms with Gasteiger partial charge in [0.25, 0.3) is 0 Å². The minimum atomic E-state index is -1.61. The standard InChI is InChI=1S/C26H34O11/c1-26-9-17(12-6-7-34-11-12)35-24(32)15(26)8-16(19-13(23(31)33-2)4-3-5-14(19)26)36-25-22(30)21(29)20(28)18(10-27)37-25/h6-7,11,14-18,20-22,25,27-30H,3-5,8-10H2,1-2H3/t14-,15+,16+,17+,18-,20-,21+,22-,25-,26+/m1/s1. The van der Waals surface area contributed by atoms with Crippen LogP contribution in [0.2, 0.25) is 0 Å². The molecule has 0 bridgehead atoms. The first-order valence-corrected chi connectivity index (χ1v) is 12.7. The van der Waals surface area contributed by atoms with Crippen LogP contribution < -0.4 is 0 Å². The van der Waals surface area contributed by atoms with E-state index < -0.39 is 66.8 Å². The SMILES string of the molecule is COC(=O)C1=C2[C@@H](O[C@@H]3O[C@H](CO)[C@@H](O)[C@H](O)[C@H]3O)C[C@H]3C(=O)O[C@H](c4ccoc4)C[C@@]3(C)[C@@H]2CCC1. The molecule has 11 nitrogen and oxygen atoms in total. The largest absolute Gasteiger partial charge is 0.472 e. The minimum absolute atomic E-state index is 0.161. The maximum Gasteiger partial charge on any atom is 0.333 e. The van der Waals surface area contributed by atoms with Crippen LogP contribution >= 0.6 is 0 Å². The quantitative estimate of drug-likeness (QED) is 0.403. The molecule has 0 spiro atoms. The third-order valence-electron chi connectivity index (χ3n) is 8.69. The maximum absolute atomic E-state index is 13.4. The normalized spacial score (nSPS) is 42.0. The summed E-state index contributed by atoms with van der Waals surface area (Å²) in [7, 11) is 1.31. The van der Waals surface area contributed by atoms with Gasteiger partial charge in [-0.1, -0.05) is 6.92 Å². The van der Waals surface area contributed by atoms with Crippen LogP contribution in [-0.4, -0.2) is 82.9 Å². The third kappa shape index (κ3) is 4.41. The van der Waals surface area contributed by atoms with Gasteiger partial charge >= 0.3 is 11.9 Å². The van der Waals surface area contributed by atoms with Gasteiger partial charge in [0.15, 0.2) is 6.29 Å². The molecule has 2 aliphatic heterocycles. The van der Waals surface area contributed by atoms with Crippen LogP contribution in [-0.2, 0) is 28.5 Å². The Morgan fingerprint density at radius 1 is 1.19 bits per heavy atom. The van der Waals surface area contributed by atoms with Crippen molar-refractivity contribution in [3.8, 4) is 0 Å². The highest BCUT2D eigenvalue weighted by Gasteiger charge is 2.59. The molecule has 1 saturated carbocycles. The van der Waals surface area contributed by atoms with E-state index in [1.165, 1.54) is 13.4 Å². The fourth-order valence-electron chi connectivity index (χ4n) is 6.72. The number of furan rings is 1. The number of hydrogen-bond donors (Lipinski definition) is 4. The van der Waals surface area contributed by atoms with E-state index in [1.807, 2.05) is 6.92 Å². The summed E-state index contributed by atoms with van der Waals surface area (Å²) in [6.07, 6.45) is -2.93. The van der Waals surface area contributed by atoms with Crippen LogP contribution in [0.15, 0.2) is 34.2 Å². The number of esters is 2. The zero-order chi connectivity index (χ0) is 26.5. The Morgan fingerprint density at radius 2 is 1.97 bits per heavy atom. The first-order chi connectivity index (χ1) is 17.7. The number of cyclic esters (lactones) is 1. The van der Waals surface area contributed by atoms with Crippen molar-refractivity contribution in [3.05, 3.63) is 35.3 Å². The summed E-state index contributed by atoms with van der Waals surface area (Å²) in [5.41, 5.74) is 1.39. The predicted octanol–water partition coefficient (Wildman–Crippen LogP) is 0.749. The zero-order valence-corrected chi connectivity index (χ0v) is 20.8. The molecule has 3 heterocycles. The molecule has 10 atom stereocenters. The number of aliphatic hydroxyl groups is 4. The number of aliphatic hydroxyl groups excluding tert-OH is 4. The lowest BCUT2D eigenvalue weighted by Crippen LogP contribution is -2.61. The molecule has 2 aliphatic carbocycles. The van der Waals surface area contributed by atoms with Crippen molar-refractivity contribution in [1.29, 1.82) is 0 Å². The Morgan fingerprint density at radius 3 is 2.65 bits per heavy atom. The van der Waals surface area contributed by atoms with Crippen molar-refractivity contribution in [2.75, 3.05) is 13.7 Å². The maximum atomic E-state index is 13.4. The van der Waals surface area contributed by atoms with E-state index >= 15 is 0 Å². The second-order valence-electron chi connectivity index (χ2n) is 10.7. The van der Waals surface area contributed by atoms with Crippen LogP contribution in [0.3, 0.4) is 0 Å². The van der Waals surface area contributed by atoms with Gasteiger partial charge in [-0.15, -0.1) is 0 Å². The van der Waals surface area contributed by atoms with Gasteiger partial charge in [-0.3, -0.25) is 4.79 Å². The lowest BCUT2D eigenvalue weighted by atomic mass is 9.52. The van der Waals surface area contributed by atoms with Crippen molar-refractivity contribution in [3.63, 3.8) is 0 Å². The lowest BCUT2D eigenvalue weighted by molar-refractivity contribution is -0.312. The first-order valence-electron chi connectivity index (χ1n) is 12.7. The second kappa shape index (κ2) is 10.1. The Bertz CT molecular complexity index is 1030. The first kappa shape index (κ1) is 26.3. The van der Waals surface area contributed by atoms with E-state index in [2.05, 4.69) is 0 Å². The highest BCUT2D eigenvalue weighted by molar-refractivity contribution is 5.90. The second-order valence-corrected chi connectivity index (χ2v) is 10.7. The van der Waals surface area contributed by atoms with Gasteiger partial charge in [-0.2, -0.15) is 0 Å². The number of ether oxygens (including phenoxy) is 4. The van der Waals surface area contributed by atoms with E-state index in [-0.39, 0.29) is 18.3 Å². The fraction of sp³-hybridized carbons (Fsp3) is 0.692. The number of fused-ring (bicyclic) bond motifs is 3. The summed E-state index contributed by atoms with van der Waals surface area (Å²) >= 11 is 0. The summed E-state index contributed by atoms with van der Waals surface area (Å²) in [5.74, 6) is -1.64. The molecule has 204 valence electrons.